The topological polar surface area (TPSA) is 72.2 Å². The number of aryl methyl sites for hydroxylation is 1. The first-order valence-corrected chi connectivity index (χ1v) is 9.05. The van der Waals surface area contributed by atoms with Crippen LogP contribution in [0, 0.1) is 6.92 Å². The average molecular weight is 365 g/mol. The Morgan fingerprint density at radius 2 is 2.21 bits per heavy atom. The minimum absolute atomic E-state index is 0.224. The number of hydrogen-bond donors (Lipinski definition) is 2. The molecule has 0 aliphatic heterocycles. The van der Waals surface area contributed by atoms with Crippen LogP contribution in [0.2, 0.25) is 0 Å². The van der Waals surface area contributed by atoms with Crippen LogP contribution in [0.1, 0.15) is 5.56 Å². The van der Waals surface area contributed by atoms with Crippen molar-refractivity contribution in [3.05, 3.63) is 34.8 Å². The monoisotopic (exact) mass is 364 g/mol. The van der Waals surface area contributed by atoms with Crippen molar-refractivity contribution in [2.24, 2.45) is 0 Å². The lowest BCUT2D eigenvalue weighted by Crippen LogP contribution is -2.26. The van der Waals surface area contributed by atoms with E-state index in [2.05, 4.69) is 27.2 Å². The van der Waals surface area contributed by atoms with E-state index in [1.807, 2.05) is 0 Å². The largest absolute Gasteiger partial charge is 0.398 e. The van der Waals surface area contributed by atoms with Gasteiger partial charge in [-0.3, -0.25) is 0 Å². The normalized spacial score (nSPS) is 11.5. The molecular weight excluding hydrogens is 348 g/mol. The first kappa shape index (κ1) is 16.6. The van der Waals surface area contributed by atoms with Crippen LogP contribution in [0.5, 0.6) is 0 Å². The number of nitrogens with one attached hydrogen (secondary N) is 1. The van der Waals surface area contributed by atoms with E-state index in [-0.39, 0.29) is 4.90 Å². The predicted molar refractivity (Wildman–Crippen MR) is 86.0 cm³/mol. The number of sulfonamides is 1. The third kappa shape index (κ3) is 4.83. The summed E-state index contributed by atoms with van der Waals surface area (Å²) in [6.45, 7) is 5.73. The van der Waals surface area contributed by atoms with Crippen LogP contribution in [0.25, 0.3) is 0 Å². The maximum Gasteiger partial charge on any atom is 0.240 e. The second-order valence-electron chi connectivity index (χ2n) is 3.90. The van der Waals surface area contributed by atoms with E-state index in [0.29, 0.717) is 28.0 Å². The van der Waals surface area contributed by atoms with E-state index < -0.39 is 10.0 Å². The molecule has 0 unspecified atom stereocenters. The number of nitrogens with two attached hydrogens (primary N) is 1. The summed E-state index contributed by atoms with van der Waals surface area (Å²) in [7, 11) is -3.51. The van der Waals surface area contributed by atoms with Crippen molar-refractivity contribution >= 4 is 43.4 Å². The molecule has 0 amide bonds. The van der Waals surface area contributed by atoms with Crippen LogP contribution < -0.4 is 10.5 Å². The molecule has 106 valence electrons. The molecule has 4 nitrogen and oxygen atoms in total. The van der Waals surface area contributed by atoms with Gasteiger partial charge in [-0.15, -0.1) is 6.58 Å². The van der Waals surface area contributed by atoms with Gasteiger partial charge in [0.2, 0.25) is 10.0 Å². The minimum atomic E-state index is -3.51. The molecule has 0 bridgehead atoms. The zero-order valence-electron chi connectivity index (χ0n) is 10.6. The molecule has 0 fully saturated rings. The zero-order chi connectivity index (χ0) is 14.5. The molecule has 0 heterocycles. The van der Waals surface area contributed by atoms with Crippen molar-refractivity contribution in [3.63, 3.8) is 0 Å². The first-order valence-electron chi connectivity index (χ1n) is 5.62. The quantitative estimate of drug-likeness (QED) is 0.443. The average Bonchev–Trinajstić information content (AvgIpc) is 2.33. The van der Waals surface area contributed by atoms with Crippen LogP contribution in [0.15, 0.2) is 34.2 Å². The molecule has 0 saturated heterocycles. The molecular formula is C12H17BrN2O2S2. The van der Waals surface area contributed by atoms with E-state index in [9.17, 15) is 8.42 Å². The van der Waals surface area contributed by atoms with Gasteiger partial charge in [0.1, 0.15) is 0 Å². The first-order chi connectivity index (χ1) is 8.88. The fourth-order valence-corrected chi connectivity index (χ4v) is 3.91. The van der Waals surface area contributed by atoms with E-state index in [0.717, 1.165) is 5.75 Å². The molecule has 0 atom stereocenters. The molecule has 19 heavy (non-hydrogen) atoms. The van der Waals surface area contributed by atoms with Gasteiger partial charge in [-0.05, 0) is 40.5 Å². The third-order valence-corrected chi connectivity index (χ3v) is 5.61. The van der Waals surface area contributed by atoms with E-state index in [4.69, 9.17) is 5.73 Å². The van der Waals surface area contributed by atoms with E-state index >= 15 is 0 Å². The lowest BCUT2D eigenvalue weighted by Gasteiger charge is -2.11. The molecule has 0 aromatic heterocycles. The molecule has 0 saturated carbocycles. The van der Waals surface area contributed by atoms with Gasteiger partial charge in [0.05, 0.1) is 4.90 Å². The minimum Gasteiger partial charge on any atom is -0.398 e. The zero-order valence-corrected chi connectivity index (χ0v) is 13.9. The van der Waals surface area contributed by atoms with Crippen molar-refractivity contribution in [2.75, 3.05) is 23.8 Å². The van der Waals surface area contributed by atoms with Gasteiger partial charge in [-0.1, -0.05) is 6.08 Å². The predicted octanol–water partition coefficient (Wildman–Crippen LogP) is 2.54. The summed E-state index contributed by atoms with van der Waals surface area (Å²) in [5.41, 5.74) is 6.80. The van der Waals surface area contributed by atoms with Crippen molar-refractivity contribution in [1.82, 2.24) is 4.72 Å². The van der Waals surface area contributed by atoms with Crippen LogP contribution in [0.3, 0.4) is 0 Å². The Bertz CT molecular complexity index is 559. The van der Waals surface area contributed by atoms with Crippen LogP contribution in [-0.2, 0) is 10.0 Å². The SMILES string of the molecule is C=CCSCCNS(=O)(=O)c1cc(N)c(Br)cc1C. The molecule has 7 heteroatoms. The number of thioether (sulfide) groups is 1. The molecule has 1 rings (SSSR count). The number of hydrogen-bond acceptors (Lipinski definition) is 4. The van der Waals surface area contributed by atoms with Crippen molar-refractivity contribution in [3.8, 4) is 0 Å². The Kier molecular flexibility index (Phi) is 6.38. The van der Waals surface area contributed by atoms with Crippen molar-refractivity contribution in [1.29, 1.82) is 0 Å². The second kappa shape index (κ2) is 7.33. The fourth-order valence-electron chi connectivity index (χ4n) is 1.45. The highest BCUT2D eigenvalue weighted by atomic mass is 79.9. The van der Waals surface area contributed by atoms with Gasteiger partial charge in [-0.25, -0.2) is 13.1 Å². The Morgan fingerprint density at radius 3 is 2.84 bits per heavy atom. The third-order valence-electron chi connectivity index (χ3n) is 2.36. The number of benzene rings is 1. The van der Waals surface area contributed by atoms with Crippen molar-refractivity contribution in [2.45, 2.75) is 11.8 Å². The molecule has 1 aromatic carbocycles. The van der Waals surface area contributed by atoms with Crippen LogP contribution >= 0.6 is 27.7 Å². The highest BCUT2D eigenvalue weighted by molar-refractivity contribution is 9.10. The molecule has 0 aliphatic carbocycles. The summed E-state index contributed by atoms with van der Waals surface area (Å²) in [6.07, 6.45) is 1.79. The molecule has 0 aliphatic rings. The van der Waals surface area contributed by atoms with Gasteiger partial charge in [0, 0.05) is 28.2 Å². The molecule has 3 N–H and O–H groups in total. The van der Waals surface area contributed by atoms with E-state index in [1.165, 1.54) is 6.07 Å². The summed E-state index contributed by atoms with van der Waals surface area (Å²) in [4.78, 5) is 0.224. The van der Waals surface area contributed by atoms with Gasteiger partial charge >= 0.3 is 0 Å². The fraction of sp³-hybridized carbons (Fsp3) is 0.333. The summed E-state index contributed by atoms with van der Waals surface area (Å²) in [5.74, 6) is 1.52. The number of rotatable bonds is 7. The smallest absolute Gasteiger partial charge is 0.240 e. The summed E-state index contributed by atoms with van der Waals surface area (Å²) in [6, 6.07) is 3.18. The molecule has 0 radical (unpaired) electrons. The molecule has 0 spiro atoms. The summed E-state index contributed by atoms with van der Waals surface area (Å²) < 4.78 is 27.5. The summed E-state index contributed by atoms with van der Waals surface area (Å²) >= 11 is 4.90. The van der Waals surface area contributed by atoms with Crippen molar-refractivity contribution < 1.29 is 8.42 Å². The van der Waals surface area contributed by atoms with Gasteiger partial charge in [-0.2, -0.15) is 11.8 Å². The Morgan fingerprint density at radius 1 is 1.53 bits per heavy atom. The Hall–Kier alpha value is -0.500. The highest BCUT2D eigenvalue weighted by Crippen LogP contribution is 2.26. The van der Waals surface area contributed by atoms with E-state index in [1.54, 1.807) is 30.8 Å². The standard InChI is InChI=1S/C12H17BrN2O2S2/c1-3-5-18-6-4-15-19(16,17)12-8-11(14)10(13)7-9(12)2/h3,7-8,15H,1,4-6,14H2,2H3. The number of anilines is 1. The highest BCUT2D eigenvalue weighted by Gasteiger charge is 2.17. The Balaban J connectivity index is 2.77. The second-order valence-corrected chi connectivity index (χ2v) is 7.64. The number of nitrogen functional groups attached to an aromatic ring is 1. The molecule has 1 aromatic rings. The maximum absolute atomic E-state index is 12.1. The number of halogens is 1. The lowest BCUT2D eigenvalue weighted by molar-refractivity contribution is 0.583. The van der Waals surface area contributed by atoms with Gasteiger partial charge in [0.25, 0.3) is 0 Å². The summed E-state index contributed by atoms with van der Waals surface area (Å²) in [5, 5.41) is 0. The van der Waals surface area contributed by atoms with Crippen LogP contribution in [0.4, 0.5) is 5.69 Å². The van der Waals surface area contributed by atoms with Gasteiger partial charge in [0.15, 0.2) is 0 Å². The Labute approximate surface area is 127 Å². The maximum atomic E-state index is 12.1. The van der Waals surface area contributed by atoms with Crippen LogP contribution in [-0.4, -0.2) is 26.5 Å². The van der Waals surface area contributed by atoms with Gasteiger partial charge < -0.3 is 5.73 Å². The lowest BCUT2D eigenvalue weighted by atomic mass is 10.2.